The van der Waals surface area contributed by atoms with Crippen LogP contribution in [-0.4, -0.2) is 51.7 Å². The Balaban J connectivity index is 1.06. The number of nitrogens with zero attached hydrogens (tertiary/aromatic N) is 4. The zero-order valence-electron chi connectivity index (χ0n) is 26.3. The van der Waals surface area contributed by atoms with Gasteiger partial charge in [0.05, 0.1) is 17.6 Å². The molecule has 3 atom stereocenters. The molecule has 0 saturated heterocycles. The molecule has 0 bridgehead atoms. The minimum absolute atomic E-state index is 0.0451. The lowest BCUT2D eigenvalue weighted by Gasteiger charge is -2.29. The number of hydrogen-bond acceptors (Lipinski definition) is 8. The summed E-state index contributed by atoms with van der Waals surface area (Å²) in [7, 11) is -3.89. The molecule has 1 aliphatic carbocycles. The normalized spacial score (nSPS) is 18.0. The standard InChI is InChI=1S/C36H37N5O5S/c1-25-13-15-30(16-14-25)47(44,45)41-18-17-32-35(41)37-22-34(39-32)46-36(43)38-21-33(42)31-20-29(19-26(31)2)40(23-27-9-5-3-6-10-27)24-28-11-7-4-8-12-28/h3-18,22,26,29,31H,19-21,23-24H2,1-2H3,(H,38,43). The number of hydrogen-bond donors (Lipinski definition) is 1. The molecule has 1 amide bonds. The molecular formula is C36H37N5O5S. The summed E-state index contributed by atoms with van der Waals surface area (Å²) >= 11 is 0. The number of ether oxygens (including phenoxy) is 1. The highest BCUT2D eigenvalue weighted by Gasteiger charge is 2.38. The number of aryl methyl sites for hydroxylation is 1. The predicted octanol–water partition coefficient (Wildman–Crippen LogP) is 5.75. The Labute approximate surface area is 274 Å². The van der Waals surface area contributed by atoms with Gasteiger partial charge in [-0.1, -0.05) is 85.3 Å². The van der Waals surface area contributed by atoms with Crippen LogP contribution in [0, 0.1) is 18.8 Å². The Hall–Kier alpha value is -4.87. The molecule has 1 N–H and O–H groups in total. The van der Waals surface area contributed by atoms with Gasteiger partial charge in [-0.25, -0.2) is 27.2 Å². The fraction of sp³-hybridized carbons (Fsp3) is 0.278. The summed E-state index contributed by atoms with van der Waals surface area (Å²) < 4.78 is 32.6. The summed E-state index contributed by atoms with van der Waals surface area (Å²) in [5, 5.41) is 2.56. The predicted molar refractivity (Wildman–Crippen MR) is 178 cm³/mol. The second kappa shape index (κ2) is 13.9. The minimum Gasteiger partial charge on any atom is -0.390 e. The highest BCUT2D eigenvalue weighted by atomic mass is 32.2. The lowest BCUT2D eigenvalue weighted by Crippen LogP contribution is -2.36. The fourth-order valence-electron chi connectivity index (χ4n) is 6.27. The van der Waals surface area contributed by atoms with Gasteiger partial charge in [0.2, 0.25) is 5.88 Å². The van der Waals surface area contributed by atoms with E-state index in [0.717, 1.165) is 29.0 Å². The first-order valence-corrected chi connectivity index (χ1v) is 17.1. The summed E-state index contributed by atoms with van der Waals surface area (Å²) in [5.74, 6) is -0.190. The van der Waals surface area contributed by atoms with Crippen molar-refractivity contribution in [3.8, 4) is 5.88 Å². The molecule has 11 heteroatoms. The van der Waals surface area contributed by atoms with Crippen molar-refractivity contribution in [2.45, 2.75) is 50.7 Å². The average Bonchev–Trinajstić information content (AvgIpc) is 3.68. The smallest absolute Gasteiger partial charge is 0.390 e. The maximum absolute atomic E-state index is 13.3. The number of ketones is 1. The quantitative estimate of drug-likeness (QED) is 0.192. The molecule has 5 aromatic rings. The van der Waals surface area contributed by atoms with Gasteiger partial charge in [-0.3, -0.25) is 9.69 Å². The van der Waals surface area contributed by atoms with E-state index in [2.05, 4.69) is 51.4 Å². The van der Waals surface area contributed by atoms with Crippen LogP contribution < -0.4 is 10.1 Å². The first-order chi connectivity index (χ1) is 22.7. The van der Waals surface area contributed by atoms with E-state index in [9.17, 15) is 18.0 Å². The summed E-state index contributed by atoms with van der Waals surface area (Å²) in [4.78, 5) is 37.0. The largest absolute Gasteiger partial charge is 0.414 e. The molecule has 0 radical (unpaired) electrons. The number of aromatic nitrogens is 3. The molecule has 2 aromatic heterocycles. The van der Waals surface area contributed by atoms with Gasteiger partial charge in [0.1, 0.15) is 5.52 Å². The van der Waals surface area contributed by atoms with Crippen molar-refractivity contribution in [2.75, 3.05) is 6.54 Å². The highest BCUT2D eigenvalue weighted by molar-refractivity contribution is 7.90. The molecule has 3 unspecified atom stereocenters. The maximum atomic E-state index is 13.3. The summed E-state index contributed by atoms with van der Waals surface area (Å²) in [5.41, 5.74) is 3.73. The van der Waals surface area contributed by atoms with E-state index in [-0.39, 0.29) is 52.1 Å². The molecule has 6 rings (SSSR count). The van der Waals surface area contributed by atoms with E-state index in [1.165, 1.54) is 41.7 Å². The molecule has 2 heterocycles. The number of carbonyl (C=O) groups is 2. The zero-order chi connectivity index (χ0) is 33.0. The van der Waals surface area contributed by atoms with Crippen LogP contribution in [0.1, 0.15) is 36.5 Å². The Bertz CT molecular complexity index is 1920. The monoisotopic (exact) mass is 651 g/mol. The van der Waals surface area contributed by atoms with E-state index in [0.29, 0.717) is 6.42 Å². The van der Waals surface area contributed by atoms with Crippen LogP contribution in [0.4, 0.5) is 4.79 Å². The van der Waals surface area contributed by atoms with Gasteiger partial charge in [0, 0.05) is 31.2 Å². The lowest BCUT2D eigenvalue weighted by molar-refractivity contribution is -0.122. The van der Waals surface area contributed by atoms with Gasteiger partial charge in [-0.2, -0.15) is 0 Å². The van der Waals surface area contributed by atoms with Gasteiger partial charge < -0.3 is 10.1 Å². The van der Waals surface area contributed by atoms with Crippen LogP contribution in [0.25, 0.3) is 11.2 Å². The second-order valence-electron chi connectivity index (χ2n) is 12.1. The third kappa shape index (κ3) is 7.42. The van der Waals surface area contributed by atoms with Gasteiger partial charge in [-0.15, -0.1) is 0 Å². The SMILES string of the molecule is Cc1ccc(S(=O)(=O)n2ccc3nc(OC(=O)NCC(=O)C4CC(N(Cc5ccccc5)Cc5ccccc5)CC4C)cnc32)cc1. The second-order valence-corrected chi connectivity index (χ2v) is 14.0. The van der Waals surface area contributed by atoms with Crippen molar-refractivity contribution in [3.05, 3.63) is 120 Å². The Morgan fingerprint density at radius 2 is 1.55 bits per heavy atom. The van der Waals surface area contributed by atoms with Gasteiger partial charge >= 0.3 is 6.09 Å². The van der Waals surface area contributed by atoms with E-state index in [1.807, 2.05) is 43.3 Å². The molecule has 242 valence electrons. The molecule has 3 aromatic carbocycles. The van der Waals surface area contributed by atoms with Crippen LogP contribution in [0.5, 0.6) is 5.88 Å². The van der Waals surface area contributed by atoms with E-state index in [1.54, 1.807) is 12.1 Å². The van der Waals surface area contributed by atoms with Crippen LogP contribution >= 0.6 is 0 Å². The summed E-state index contributed by atoms with van der Waals surface area (Å²) in [6.45, 7) is 5.37. The fourth-order valence-corrected chi connectivity index (χ4v) is 7.57. The topological polar surface area (TPSA) is 123 Å². The van der Waals surface area contributed by atoms with Crippen molar-refractivity contribution in [1.82, 2.24) is 24.2 Å². The zero-order valence-corrected chi connectivity index (χ0v) is 27.1. The summed E-state index contributed by atoms with van der Waals surface area (Å²) in [6, 6.07) is 28.9. The molecule has 0 spiro atoms. The number of nitrogens with one attached hydrogen (secondary N) is 1. The van der Waals surface area contributed by atoms with Crippen molar-refractivity contribution in [1.29, 1.82) is 0 Å². The van der Waals surface area contributed by atoms with Crippen LogP contribution in [0.2, 0.25) is 0 Å². The molecule has 10 nitrogen and oxygen atoms in total. The maximum Gasteiger partial charge on any atom is 0.414 e. The number of Topliss-reactive ketones (excluding diaryl/α,β-unsaturated/α-hetero) is 1. The molecule has 1 saturated carbocycles. The average molecular weight is 652 g/mol. The van der Waals surface area contributed by atoms with Crippen molar-refractivity contribution in [3.63, 3.8) is 0 Å². The lowest BCUT2D eigenvalue weighted by atomic mass is 9.93. The molecular weight excluding hydrogens is 614 g/mol. The van der Waals surface area contributed by atoms with Crippen LogP contribution in [-0.2, 0) is 27.9 Å². The van der Waals surface area contributed by atoms with Crippen molar-refractivity contribution >= 4 is 33.1 Å². The van der Waals surface area contributed by atoms with Crippen molar-refractivity contribution in [2.24, 2.45) is 11.8 Å². The third-order valence-corrected chi connectivity index (χ3v) is 10.4. The number of benzene rings is 3. The van der Waals surface area contributed by atoms with Gasteiger partial charge in [0.25, 0.3) is 10.0 Å². The Morgan fingerprint density at radius 1 is 0.915 bits per heavy atom. The number of amides is 1. The van der Waals surface area contributed by atoms with E-state index < -0.39 is 16.1 Å². The Morgan fingerprint density at radius 3 is 2.19 bits per heavy atom. The number of carbonyl (C=O) groups excluding carboxylic acids is 2. The van der Waals surface area contributed by atoms with Gasteiger partial charge in [0.15, 0.2) is 11.4 Å². The Kier molecular flexibility index (Phi) is 9.46. The van der Waals surface area contributed by atoms with Gasteiger partial charge in [-0.05, 0) is 55.0 Å². The molecule has 0 aliphatic heterocycles. The van der Waals surface area contributed by atoms with Crippen LogP contribution in [0.15, 0.2) is 108 Å². The highest BCUT2D eigenvalue weighted by Crippen LogP contribution is 2.36. The molecule has 1 fully saturated rings. The van der Waals surface area contributed by atoms with Crippen molar-refractivity contribution < 1.29 is 22.7 Å². The number of rotatable bonds is 11. The first kappa shape index (κ1) is 32.1. The summed E-state index contributed by atoms with van der Waals surface area (Å²) in [6.07, 6.45) is 3.30. The van der Waals surface area contributed by atoms with E-state index >= 15 is 0 Å². The molecule has 47 heavy (non-hydrogen) atoms. The minimum atomic E-state index is -3.89. The van der Waals surface area contributed by atoms with Crippen LogP contribution in [0.3, 0.4) is 0 Å². The third-order valence-electron chi connectivity index (χ3n) is 8.76. The van der Waals surface area contributed by atoms with E-state index in [4.69, 9.17) is 4.74 Å². The first-order valence-electron chi connectivity index (χ1n) is 15.6. The number of fused-ring (bicyclic) bond motifs is 1. The molecule has 1 aliphatic rings.